The van der Waals surface area contributed by atoms with Crippen molar-refractivity contribution in [1.29, 1.82) is 0 Å². The average molecular weight is 617 g/mol. The van der Waals surface area contributed by atoms with E-state index in [1.54, 1.807) is 60.5 Å². The van der Waals surface area contributed by atoms with E-state index in [-0.39, 0.29) is 16.9 Å². The fourth-order valence-corrected chi connectivity index (χ4v) is 5.47. The van der Waals surface area contributed by atoms with Gasteiger partial charge in [0.1, 0.15) is 17.2 Å². The van der Waals surface area contributed by atoms with Crippen LogP contribution in [0.4, 0.5) is 31.9 Å². The number of furan rings is 1. The molecule has 1 aromatic heterocycles. The minimum Gasteiger partial charge on any atom is -0.465 e. The van der Waals surface area contributed by atoms with Crippen LogP contribution in [0.2, 0.25) is 0 Å². The Morgan fingerprint density at radius 2 is 1.59 bits per heavy atom. The molecule has 4 aromatic carbocycles. The number of carboxylic acid groups (broad SMARTS) is 1. The highest BCUT2D eigenvalue weighted by Crippen LogP contribution is 2.42. The zero-order valence-electron chi connectivity index (χ0n) is 24.3. The Bertz CT molecular complexity index is 2010. The van der Waals surface area contributed by atoms with E-state index in [9.17, 15) is 27.5 Å². The zero-order valence-corrected chi connectivity index (χ0v) is 25.1. The fourth-order valence-electron chi connectivity index (χ4n) is 4.97. The summed E-state index contributed by atoms with van der Waals surface area (Å²) >= 11 is 0. The molecule has 0 bridgehead atoms. The summed E-state index contributed by atoms with van der Waals surface area (Å²) in [4.78, 5) is 26.4. The van der Waals surface area contributed by atoms with Crippen molar-refractivity contribution in [1.82, 2.24) is 5.32 Å². The molecule has 0 atom stereocenters. The van der Waals surface area contributed by atoms with Crippen LogP contribution < -0.4 is 19.8 Å². The van der Waals surface area contributed by atoms with Gasteiger partial charge in [0.15, 0.2) is 0 Å². The maximum absolute atomic E-state index is 13.7. The summed E-state index contributed by atoms with van der Waals surface area (Å²) in [7, 11) is 0.963. The first-order chi connectivity index (χ1) is 20.9. The number of amides is 2. The first-order valence-electron chi connectivity index (χ1n) is 13.3. The Balaban J connectivity index is 1.74. The number of sulfonamides is 1. The molecule has 2 amide bonds. The number of rotatable bonds is 8. The normalized spacial score (nSPS) is 11.3. The van der Waals surface area contributed by atoms with Gasteiger partial charge in [-0.3, -0.25) is 14.4 Å². The second kappa shape index (κ2) is 11.7. The lowest BCUT2D eigenvalue weighted by atomic mass is 9.98. The van der Waals surface area contributed by atoms with Crippen molar-refractivity contribution >= 4 is 55.7 Å². The lowest BCUT2D eigenvalue weighted by Crippen LogP contribution is -2.25. The number of hydrogen-bond donors (Lipinski definition) is 3. The summed E-state index contributed by atoms with van der Waals surface area (Å²) in [6.45, 7) is 0. The predicted molar refractivity (Wildman–Crippen MR) is 170 cm³/mol. The Hall–Kier alpha value is -5.36. The topological polar surface area (TPSA) is 132 Å². The van der Waals surface area contributed by atoms with Gasteiger partial charge >= 0.3 is 6.09 Å². The molecule has 44 heavy (non-hydrogen) atoms. The molecule has 0 saturated carbocycles. The third-order valence-corrected chi connectivity index (χ3v) is 8.45. The van der Waals surface area contributed by atoms with E-state index in [2.05, 4.69) is 10.6 Å². The maximum Gasteiger partial charge on any atom is 0.409 e. The van der Waals surface area contributed by atoms with Gasteiger partial charge in [0, 0.05) is 49.4 Å². The average Bonchev–Trinajstić information content (AvgIpc) is 3.37. The Morgan fingerprint density at radius 3 is 2.25 bits per heavy atom. The molecule has 0 fully saturated rings. The largest absolute Gasteiger partial charge is 0.465 e. The smallest absolute Gasteiger partial charge is 0.409 e. The van der Waals surface area contributed by atoms with Gasteiger partial charge in [0.25, 0.3) is 5.91 Å². The summed E-state index contributed by atoms with van der Waals surface area (Å²) in [6.07, 6.45) is -0.118. The molecule has 0 spiro atoms. The molecule has 0 aliphatic carbocycles. The molecule has 1 heterocycles. The minimum atomic E-state index is -3.73. The van der Waals surface area contributed by atoms with Crippen LogP contribution in [0.1, 0.15) is 10.4 Å². The van der Waals surface area contributed by atoms with Crippen molar-refractivity contribution in [3.8, 4) is 22.5 Å². The summed E-state index contributed by atoms with van der Waals surface area (Å²) in [5, 5.41) is 14.8. The Morgan fingerprint density at radius 1 is 0.886 bits per heavy atom. The number of fused-ring (bicyclic) bond motifs is 1. The number of para-hydroxylation sites is 2. The molecule has 0 saturated heterocycles. The summed E-state index contributed by atoms with van der Waals surface area (Å²) < 4.78 is 46.5. The number of carbonyl (C=O) groups excluding carboxylic acids is 1. The van der Waals surface area contributed by atoms with Crippen LogP contribution in [0.5, 0.6) is 0 Å². The minimum absolute atomic E-state index is 0.209. The van der Waals surface area contributed by atoms with Gasteiger partial charge in [-0.05, 0) is 60.2 Å². The first kappa shape index (κ1) is 30.1. The van der Waals surface area contributed by atoms with E-state index in [4.69, 9.17) is 4.42 Å². The van der Waals surface area contributed by atoms with Crippen LogP contribution in [0.3, 0.4) is 0 Å². The van der Waals surface area contributed by atoms with Crippen molar-refractivity contribution in [3.05, 3.63) is 96.3 Å². The van der Waals surface area contributed by atoms with Crippen LogP contribution in [0, 0.1) is 5.82 Å². The number of benzene rings is 4. The van der Waals surface area contributed by atoms with E-state index < -0.39 is 27.8 Å². The summed E-state index contributed by atoms with van der Waals surface area (Å²) in [6, 6.07) is 23.0. The van der Waals surface area contributed by atoms with Gasteiger partial charge in [0.2, 0.25) is 10.0 Å². The summed E-state index contributed by atoms with van der Waals surface area (Å²) in [5.41, 5.74) is 4.02. The van der Waals surface area contributed by atoms with Crippen LogP contribution >= 0.6 is 0 Å². The standard InChI is InChI=1S/C32H29FN4O6S/c1-34-31(38)29-24-17-23(20-8-7-9-22(16-20)36(2)26-11-6-5-10-25(26)35-32(39)40)27(37(3)44(4,41)42)18-28(24)43-30(29)19-12-14-21(33)15-13-19/h5-18,35H,1-4H3,(H,34,38)(H,39,40). The predicted octanol–water partition coefficient (Wildman–Crippen LogP) is 6.52. The zero-order chi connectivity index (χ0) is 31.8. The molecular weight excluding hydrogens is 587 g/mol. The van der Waals surface area contributed by atoms with Crippen molar-refractivity contribution in [2.24, 2.45) is 0 Å². The molecule has 0 radical (unpaired) electrons. The molecule has 0 aliphatic rings. The van der Waals surface area contributed by atoms with Gasteiger partial charge in [-0.15, -0.1) is 0 Å². The molecule has 5 aromatic rings. The Labute approximate surface area is 253 Å². The third kappa shape index (κ3) is 5.79. The Kier molecular flexibility index (Phi) is 8.03. The quantitative estimate of drug-likeness (QED) is 0.181. The number of halogens is 1. The molecule has 12 heteroatoms. The van der Waals surface area contributed by atoms with Gasteiger partial charge in [-0.2, -0.15) is 0 Å². The number of nitrogens with one attached hydrogen (secondary N) is 2. The van der Waals surface area contributed by atoms with Gasteiger partial charge in [0.05, 0.1) is 28.9 Å². The van der Waals surface area contributed by atoms with E-state index >= 15 is 0 Å². The second-order valence-electron chi connectivity index (χ2n) is 10.0. The number of hydrogen-bond acceptors (Lipinski definition) is 6. The van der Waals surface area contributed by atoms with Crippen molar-refractivity contribution in [2.45, 2.75) is 0 Å². The number of nitrogens with zero attached hydrogens (tertiary/aromatic N) is 2. The molecule has 0 unspecified atom stereocenters. The maximum atomic E-state index is 13.7. The molecule has 3 N–H and O–H groups in total. The SMILES string of the molecule is CNC(=O)c1c(-c2ccc(F)cc2)oc2cc(N(C)S(C)(=O)=O)c(-c3cccc(N(C)c4ccccc4NC(=O)O)c3)cc12. The third-order valence-electron chi connectivity index (χ3n) is 7.26. The number of carbonyl (C=O) groups is 2. The van der Waals surface area contributed by atoms with Crippen molar-refractivity contribution in [2.75, 3.05) is 41.9 Å². The van der Waals surface area contributed by atoms with E-state index in [1.807, 2.05) is 12.1 Å². The highest BCUT2D eigenvalue weighted by molar-refractivity contribution is 7.92. The van der Waals surface area contributed by atoms with Gasteiger partial charge in [-0.1, -0.05) is 24.3 Å². The van der Waals surface area contributed by atoms with Crippen molar-refractivity contribution in [3.63, 3.8) is 0 Å². The summed E-state index contributed by atoms with van der Waals surface area (Å²) in [5.74, 6) is -0.674. The lowest BCUT2D eigenvalue weighted by molar-refractivity contribution is 0.0964. The van der Waals surface area contributed by atoms with Crippen LogP contribution in [0.25, 0.3) is 33.4 Å². The highest BCUT2D eigenvalue weighted by Gasteiger charge is 2.26. The number of anilines is 4. The fraction of sp³-hybridized carbons (Fsp3) is 0.125. The van der Waals surface area contributed by atoms with E-state index in [0.717, 1.165) is 10.6 Å². The van der Waals surface area contributed by atoms with Crippen LogP contribution in [-0.4, -0.2) is 52.9 Å². The lowest BCUT2D eigenvalue weighted by Gasteiger charge is -2.24. The molecule has 226 valence electrons. The van der Waals surface area contributed by atoms with E-state index in [1.165, 1.54) is 38.4 Å². The van der Waals surface area contributed by atoms with Gasteiger partial charge in [-0.25, -0.2) is 17.6 Å². The highest BCUT2D eigenvalue weighted by atomic mass is 32.2. The molecule has 0 aliphatic heterocycles. The van der Waals surface area contributed by atoms with Crippen molar-refractivity contribution < 1.29 is 31.9 Å². The first-order valence-corrected chi connectivity index (χ1v) is 15.2. The van der Waals surface area contributed by atoms with E-state index in [0.29, 0.717) is 44.8 Å². The van der Waals surface area contributed by atoms with Crippen LogP contribution in [-0.2, 0) is 10.0 Å². The molecule has 10 nitrogen and oxygen atoms in total. The second-order valence-corrected chi connectivity index (χ2v) is 12.1. The van der Waals surface area contributed by atoms with Crippen LogP contribution in [0.15, 0.2) is 89.3 Å². The monoisotopic (exact) mass is 616 g/mol. The van der Waals surface area contributed by atoms with Gasteiger partial charge < -0.3 is 19.7 Å². The molecular formula is C32H29FN4O6S. The molecule has 5 rings (SSSR count).